The molecule has 0 spiro atoms. The predicted octanol–water partition coefficient (Wildman–Crippen LogP) is 1.66. The highest BCUT2D eigenvalue weighted by Gasteiger charge is 2.08. The van der Waals surface area contributed by atoms with Crippen LogP contribution in [0, 0.1) is 5.92 Å². The highest BCUT2D eigenvalue weighted by Crippen LogP contribution is 2.10. The van der Waals surface area contributed by atoms with E-state index in [-0.39, 0.29) is 11.8 Å². The number of aromatic amines is 1. The molecule has 1 amide bonds. The SMILES string of the molecule is CC(C)C(=O)Nc1cc(Cl)[nH]n1. The van der Waals surface area contributed by atoms with E-state index in [1.165, 1.54) is 0 Å². The number of amides is 1. The molecule has 1 rings (SSSR count). The number of carbonyl (C=O) groups is 1. The van der Waals surface area contributed by atoms with Crippen LogP contribution in [0.25, 0.3) is 0 Å². The van der Waals surface area contributed by atoms with Gasteiger partial charge in [0, 0.05) is 12.0 Å². The van der Waals surface area contributed by atoms with Gasteiger partial charge < -0.3 is 5.32 Å². The zero-order valence-corrected chi connectivity index (χ0v) is 7.64. The molecular formula is C7H10ClN3O. The number of hydrogen-bond acceptors (Lipinski definition) is 2. The van der Waals surface area contributed by atoms with E-state index >= 15 is 0 Å². The third kappa shape index (κ3) is 2.23. The summed E-state index contributed by atoms with van der Waals surface area (Å²) >= 11 is 5.55. The van der Waals surface area contributed by atoms with Crippen molar-refractivity contribution in [2.45, 2.75) is 13.8 Å². The molecule has 0 aliphatic heterocycles. The number of hydrogen-bond donors (Lipinski definition) is 2. The van der Waals surface area contributed by atoms with Crippen molar-refractivity contribution in [2.75, 3.05) is 5.32 Å². The first kappa shape index (κ1) is 9.06. The van der Waals surface area contributed by atoms with Crippen LogP contribution < -0.4 is 5.32 Å². The lowest BCUT2D eigenvalue weighted by Gasteiger charge is -2.02. The van der Waals surface area contributed by atoms with Gasteiger partial charge in [0.1, 0.15) is 5.15 Å². The van der Waals surface area contributed by atoms with Gasteiger partial charge in [-0.3, -0.25) is 9.89 Å². The van der Waals surface area contributed by atoms with E-state index in [1.807, 2.05) is 13.8 Å². The van der Waals surface area contributed by atoms with Crippen LogP contribution in [0.15, 0.2) is 6.07 Å². The molecule has 4 nitrogen and oxygen atoms in total. The summed E-state index contributed by atoms with van der Waals surface area (Å²) in [5, 5.41) is 9.27. The summed E-state index contributed by atoms with van der Waals surface area (Å²) in [6, 6.07) is 1.56. The first-order chi connectivity index (χ1) is 5.59. The second-order valence-corrected chi connectivity index (χ2v) is 3.15. The Bertz CT molecular complexity index is 282. The molecule has 5 heteroatoms. The molecule has 1 aromatic heterocycles. The second-order valence-electron chi connectivity index (χ2n) is 2.75. The Hall–Kier alpha value is -1.03. The molecule has 0 aromatic carbocycles. The number of carbonyl (C=O) groups excluding carboxylic acids is 1. The van der Waals surface area contributed by atoms with Crippen LogP contribution in [-0.2, 0) is 4.79 Å². The standard InChI is InChI=1S/C7H10ClN3O/c1-4(2)7(12)9-6-3-5(8)10-11-6/h3-4H,1-2H3,(H2,9,10,11,12). The summed E-state index contributed by atoms with van der Waals surface area (Å²) in [5.41, 5.74) is 0. The van der Waals surface area contributed by atoms with Gasteiger partial charge in [-0.05, 0) is 0 Å². The molecule has 0 aliphatic carbocycles. The van der Waals surface area contributed by atoms with Crippen LogP contribution in [-0.4, -0.2) is 16.1 Å². The Morgan fingerprint density at radius 1 is 1.75 bits per heavy atom. The molecule has 0 radical (unpaired) electrons. The predicted molar refractivity (Wildman–Crippen MR) is 47.1 cm³/mol. The Morgan fingerprint density at radius 3 is 2.83 bits per heavy atom. The van der Waals surface area contributed by atoms with E-state index < -0.39 is 0 Å². The summed E-state index contributed by atoms with van der Waals surface area (Å²) in [7, 11) is 0. The maximum Gasteiger partial charge on any atom is 0.228 e. The monoisotopic (exact) mass is 187 g/mol. The quantitative estimate of drug-likeness (QED) is 0.740. The third-order valence-corrected chi connectivity index (χ3v) is 1.52. The van der Waals surface area contributed by atoms with Gasteiger partial charge >= 0.3 is 0 Å². The topological polar surface area (TPSA) is 57.8 Å². The van der Waals surface area contributed by atoms with E-state index in [9.17, 15) is 4.79 Å². The maximum atomic E-state index is 11.1. The molecule has 0 saturated carbocycles. The van der Waals surface area contributed by atoms with Crippen LogP contribution in [0.5, 0.6) is 0 Å². The molecule has 0 aliphatic rings. The lowest BCUT2D eigenvalue weighted by molar-refractivity contribution is -0.118. The van der Waals surface area contributed by atoms with E-state index in [2.05, 4.69) is 15.5 Å². The van der Waals surface area contributed by atoms with Crippen LogP contribution in [0.4, 0.5) is 5.82 Å². The Labute approximate surface area is 75.3 Å². The van der Waals surface area contributed by atoms with Gasteiger partial charge in [0.2, 0.25) is 5.91 Å². The number of H-pyrrole nitrogens is 1. The van der Waals surface area contributed by atoms with Gasteiger partial charge in [0.15, 0.2) is 5.82 Å². The van der Waals surface area contributed by atoms with Crippen molar-refractivity contribution in [1.82, 2.24) is 10.2 Å². The number of halogens is 1. The third-order valence-electron chi connectivity index (χ3n) is 1.32. The second kappa shape index (κ2) is 3.58. The van der Waals surface area contributed by atoms with Crippen molar-refractivity contribution in [3.63, 3.8) is 0 Å². The first-order valence-electron chi connectivity index (χ1n) is 3.61. The fourth-order valence-electron chi connectivity index (χ4n) is 0.633. The van der Waals surface area contributed by atoms with Crippen LogP contribution in [0.3, 0.4) is 0 Å². The molecule has 0 atom stereocenters. The molecule has 0 saturated heterocycles. The Balaban J connectivity index is 2.58. The minimum atomic E-state index is -0.0711. The first-order valence-corrected chi connectivity index (χ1v) is 3.99. The van der Waals surface area contributed by atoms with Gasteiger partial charge in [-0.15, -0.1) is 0 Å². The number of anilines is 1. The minimum absolute atomic E-state index is 0.0551. The summed E-state index contributed by atoms with van der Waals surface area (Å²) in [5.74, 6) is 0.331. The molecule has 66 valence electrons. The van der Waals surface area contributed by atoms with E-state index in [0.29, 0.717) is 11.0 Å². The highest BCUT2D eigenvalue weighted by atomic mass is 35.5. The largest absolute Gasteiger partial charge is 0.309 e. The summed E-state index contributed by atoms with van der Waals surface area (Å²) in [4.78, 5) is 11.1. The van der Waals surface area contributed by atoms with Gasteiger partial charge in [0.25, 0.3) is 0 Å². The van der Waals surface area contributed by atoms with Crippen molar-refractivity contribution < 1.29 is 4.79 Å². The summed E-state index contributed by atoms with van der Waals surface area (Å²) in [6.07, 6.45) is 0. The van der Waals surface area contributed by atoms with Crippen molar-refractivity contribution in [1.29, 1.82) is 0 Å². The zero-order valence-electron chi connectivity index (χ0n) is 6.89. The minimum Gasteiger partial charge on any atom is -0.309 e. The lowest BCUT2D eigenvalue weighted by Crippen LogP contribution is -2.17. The van der Waals surface area contributed by atoms with Crippen molar-refractivity contribution in [3.8, 4) is 0 Å². The molecule has 2 N–H and O–H groups in total. The Kier molecular flexibility index (Phi) is 2.70. The Morgan fingerprint density at radius 2 is 2.42 bits per heavy atom. The van der Waals surface area contributed by atoms with Crippen LogP contribution in [0.2, 0.25) is 5.15 Å². The number of nitrogens with zero attached hydrogens (tertiary/aromatic N) is 1. The van der Waals surface area contributed by atoms with Gasteiger partial charge in [-0.2, -0.15) is 5.10 Å². The summed E-state index contributed by atoms with van der Waals surface area (Å²) < 4.78 is 0. The van der Waals surface area contributed by atoms with Crippen molar-refractivity contribution >= 4 is 23.3 Å². The van der Waals surface area contributed by atoms with E-state index in [1.54, 1.807) is 6.07 Å². The van der Waals surface area contributed by atoms with Gasteiger partial charge in [0.05, 0.1) is 0 Å². The zero-order chi connectivity index (χ0) is 9.14. The molecule has 1 aromatic rings. The van der Waals surface area contributed by atoms with Gasteiger partial charge in [-0.25, -0.2) is 0 Å². The molecule has 1 heterocycles. The number of rotatable bonds is 2. The molecule has 0 bridgehead atoms. The number of aromatic nitrogens is 2. The summed E-state index contributed by atoms with van der Waals surface area (Å²) in [6.45, 7) is 3.62. The van der Waals surface area contributed by atoms with E-state index in [0.717, 1.165) is 0 Å². The van der Waals surface area contributed by atoms with E-state index in [4.69, 9.17) is 11.6 Å². The molecule has 12 heavy (non-hydrogen) atoms. The molecule has 0 fully saturated rings. The number of nitrogens with one attached hydrogen (secondary N) is 2. The van der Waals surface area contributed by atoms with Crippen molar-refractivity contribution in [2.24, 2.45) is 5.92 Å². The van der Waals surface area contributed by atoms with Gasteiger partial charge in [-0.1, -0.05) is 25.4 Å². The average Bonchev–Trinajstić information content (AvgIpc) is 2.35. The fraction of sp³-hybridized carbons (Fsp3) is 0.429. The maximum absolute atomic E-state index is 11.1. The smallest absolute Gasteiger partial charge is 0.228 e. The normalized spacial score (nSPS) is 10.3. The average molecular weight is 188 g/mol. The molecular weight excluding hydrogens is 178 g/mol. The van der Waals surface area contributed by atoms with Crippen molar-refractivity contribution in [3.05, 3.63) is 11.2 Å². The van der Waals surface area contributed by atoms with Crippen LogP contribution in [0.1, 0.15) is 13.8 Å². The highest BCUT2D eigenvalue weighted by molar-refractivity contribution is 6.29. The molecule has 0 unspecified atom stereocenters. The van der Waals surface area contributed by atoms with Crippen LogP contribution >= 0.6 is 11.6 Å². The lowest BCUT2D eigenvalue weighted by atomic mass is 10.2. The fourth-order valence-corrected chi connectivity index (χ4v) is 0.778.